The van der Waals surface area contributed by atoms with E-state index in [0.29, 0.717) is 28.6 Å². The molecule has 0 radical (unpaired) electrons. The van der Waals surface area contributed by atoms with Crippen LogP contribution in [0.4, 0.5) is 5.69 Å². The predicted octanol–water partition coefficient (Wildman–Crippen LogP) is 3.43. The molecule has 1 aliphatic heterocycles. The summed E-state index contributed by atoms with van der Waals surface area (Å²) in [4.78, 5) is 36.4. The number of rotatable bonds is 5. The van der Waals surface area contributed by atoms with Crippen LogP contribution in [0.25, 0.3) is 6.08 Å². The molecule has 1 heterocycles. The Bertz CT molecular complexity index is 1030. The van der Waals surface area contributed by atoms with Gasteiger partial charge in [-0.2, -0.15) is 0 Å². The van der Waals surface area contributed by atoms with Crippen molar-refractivity contribution >= 4 is 41.1 Å². The van der Waals surface area contributed by atoms with Gasteiger partial charge in [0.2, 0.25) is 0 Å². The Hall–Kier alpha value is -3.32. The zero-order valence-corrected chi connectivity index (χ0v) is 16.9. The highest BCUT2D eigenvalue weighted by atomic mass is 35.5. The van der Waals surface area contributed by atoms with Gasteiger partial charge in [-0.05, 0) is 55.3 Å². The topological polar surface area (TPSA) is 84.9 Å². The summed E-state index contributed by atoms with van der Waals surface area (Å²) in [5, 5.41) is 1.64. The Morgan fingerprint density at radius 3 is 2.59 bits per heavy atom. The van der Waals surface area contributed by atoms with Crippen molar-refractivity contribution in [3.8, 4) is 11.5 Å². The van der Waals surface area contributed by atoms with Gasteiger partial charge in [0.15, 0.2) is 11.5 Å². The molecule has 1 fully saturated rings. The minimum Gasteiger partial charge on any atom is -0.490 e. The van der Waals surface area contributed by atoms with Crippen LogP contribution in [0.15, 0.2) is 42.0 Å². The number of nitrogens with zero attached hydrogens (tertiary/aromatic N) is 1. The van der Waals surface area contributed by atoms with Gasteiger partial charge in [0, 0.05) is 11.9 Å². The second-order valence-electron chi connectivity index (χ2n) is 6.31. The molecule has 1 N–H and O–H groups in total. The Balaban J connectivity index is 1.92. The molecule has 7 nitrogen and oxygen atoms in total. The van der Waals surface area contributed by atoms with E-state index in [1.165, 1.54) is 13.0 Å². The first-order valence-electron chi connectivity index (χ1n) is 8.88. The van der Waals surface area contributed by atoms with Crippen LogP contribution in [0.5, 0.6) is 11.5 Å². The summed E-state index contributed by atoms with van der Waals surface area (Å²) in [6, 6.07) is 9.84. The number of benzene rings is 2. The molecule has 0 aliphatic carbocycles. The third kappa shape index (κ3) is 4.41. The highest BCUT2D eigenvalue weighted by Gasteiger charge is 2.34. The lowest BCUT2D eigenvalue weighted by Gasteiger charge is -2.15. The maximum atomic E-state index is 12.8. The molecular weight excluding hydrogens is 396 g/mol. The van der Waals surface area contributed by atoms with Crippen molar-refractivity contribution in [3.63, 3.8) is 0 Å². The fourth-order valence-corrected chi connectivity index (χ4v) is 2.92. The molecule has 0 aromatic heterocycles. The minimum atomic E-state index is -0.534. The molecule has 0 spiro atoms. The number of hydrogen-bond donors (Lipinski definition) is 1. The average molecular weight is 415 g/mol. The van der Waals surface area contributed by atoms with Gasteiger partial charge in [-0.1, -0.05) is 23.7 Å². The number of halogens is 1. The number of aryl methyl sites for hydroxylation is 1. The van der Waals surface area contributed by atoms with E-state index in [1.807, 2.05) is 6.92 Å². The fourth-order valence-electron chi connectivity index (χ4n) is 2.75. The molecule has 29 heavy (non-hydrogen) atoms. The quantitative estimate of drug-likeness (QED) is 0.350. The van der Waals surface area contributed by atoms with E-state index in [4.69, 9.17) is 21.1 Å². The summed E-state index contributed by atoms with van der Waals surface area (Å²) in [6.07, 6.45) is 1.45. The molecule has 0 unspecified atom stereocenters. The summed E-state index contributed by atoms with van der Waals surface area (Å²) in [7, 11) is 0. The van der Waals surface area contributed by atoms with Crippen LogP contribution in [0, 0.1) is 6.92 Å². The Morgan fingerprint density at radius 2 is 1.93 bits per heavy atom. The number of esters is 1. The van der Waals surface area contributed by atoms with Gasteiger partial charge < -0.3 is 9.47 Å². The Morgan fingerprint density at radius 1 is 1.17 bits per heavy atom. The van der Waals surface area contributed by atoms with Gasteiger partial charge in [-0.15, -0.1) is 0 Å². The van der Waals surface area contributed by atoms with E-state index in [1.54, 1.807) is 43.3 Å². The first-order valence-corrected chi connectivity index (χ1v) is 9.26. The van der Waals surface area contributed by atoms with Crippen LogP contribution < -0.4 is 19.9 Å². The second-order valence-corrected chi connectivity index (χ2v) is 6.71. The van der Waals surface area contributed by atoms with Crippen LogP contribution in [0.3, 0.4) is 0 Å². The molecule has 2 aromatic rings. The summed E-state index contributed by atoms with van der Waals surface area (Å²) in [5.74, 6) is -0.912. The molecule has 1 aliphatic rings. The summed E-state index contributed by atoms with van der Waals surface area (Å²) in [6.45, 7) is 5.28. The summed E-state index contributed by atoms with van der Waals surface area (Å²) >= 11 is 6.13. The number of hydrogen-bond acceptors (Lipinski definition) is 5. The third-order valence-electron chi connectivity index (χ3n) is 4.14. The minimum absolute atomic E-state index is 0.0376. The van der Waals surface area contributed by atoms with Crippen molar-refractivity contribution in [2.45, 2.75) is 20.8 Å². The molecule has 3 rings (SSSR count). The van der Waals surface area contributed by atoms with Gasteiger partial charge in [0.1, 0.15) is 5.57 Å². The van der Waals surface area contributed by atoms with Crippen LogP contribution in [-0.2, 0) is 14.4 Å². The van der Waals surface area contributed by atoms with Crippen molar-refractivity contribution in [1.29, 1.82) is 0 Å². The standard InChI is InChI=1S/C21H19ClN2O5/c1-4-28-19-10-14(6-8-18(19)29-13(3)25)9-16-20(26)23-24(21(16)27)15-7-5-12(2)17(22)11-15/h5-11H,4H2,1-3H3,(H,23,26). The maximum Gasteiger partial charge on any atom is 0.308 e. The molecule has 2 amide bonds. The van der Waals surface area contributed by atoms with E-state index >= 15 is 0 Å². The normalized spacial score (nSPS) is 14.9. The molecule has 0 atom stereocenters. The molecule has 2 aromatic carbocycles. The zero-order chi connectivity index (χ0) is 21.1. The van der Waals surface area contributed by atoms with Gasteiger partial charge >= 0.3 is 5.97 Å². The maximum absolute atomic E-state index is 12.8. The number of ether oxygens (including phenoxy) is 2. The van der Waals surface area contributed by atoms with Crippen molar-refractivity contribution in [2.75, 3.05) is 11.6 Å². The lowest BCUT2D eigenvalue weighted by molar-refractivity contribution is -0.132. The summed E-state index contributed by atoms with van der Waals surface area (Å²) in [5.41, 5.74) is 4.36. The van der Waals surface area contributed by atoms with Crippen LogP contribution in [0.2, 0.25) is 5.02 Å². The molecule has 150 valence electrons. The number of carbonyl (C=O) groups is 3. The first kappa shape index (κ1) is 20.4. The predicted molar refractivity (Wildman–Crippen MR) is 109 cm³/mol. The van der Waals surface area contributed by atoms with Crippen LogP contribution in [-0.4, -0.2) is 24.4 Å². The first-order chi connectivity index (χ1) is 13.8. The van der Waals surface area contributed by atoms with E-state index in [9.17, 15) is 14.4 Å². The van der Waals surface area contributed by atoms with Gasteiger partial charge in [-0.25, -0.2) is 5.01 Å². The van der Waals surface area contributed by atoms with Gasteiger partial charge in [0.05, 0.1) is 12.3 Å². The molecule has 8 heteroatoms. The highest BCUT2D eigenvalue weighted by molar-refractivity contribution is 6.33. The number of hydrazine groups is 1. The van der Waals surface area contributed by atoms with E-state index in [2.05, 4.69) is 5.43 Å². The molecular formula is C21H19ClN2O5. The largest absolute Gasteiger partial charge is 0.490 e. The molecule has 1 saturated heterocycles. The lowest BCUT2D eigenvalue weighted by Crippen LogP contribution is -2.35. The van der Waals surface area contributed by atoms with Crippen molar-refractivity contribution < 1.29 is 23.9 Å². The number of carbonyl (C=O) groups excluding carboxylic acids is 3. The average Bonchev–Trinajstić information content (AvgIpc) is 2.94. The van der Waals surface area contributed by atoms with Crippen molar-refractivity contribution in [3.05, 3.63) is 58.1 Å². The van der Waals surface area contributed by atoms with Gasteiger partial charge in [0.25, 0.3) is 11.8 Å². The Kier molecular flexibility index (Phi) is 5.89. The zero-order valence-electron chi connectivity index (χ0n) is 16.1. The SMILES string of the molecule is CCOc1cc(C=C2C(=O)NN(c3ccc(C)c(Cl)c3)C2=O)ccc1OC(C)=O. The van der Waals surface area contributed by atoms with E-state index in [-0.39, 0.29) is 11.3 Å². The second kappa shape index (κ2) is 8.36. The lowest BCUT2D eigenvalue weighted by atomic mass is 10.1. The highest BCUT2D eigenvalue weighted by Crippen LogP contribution is 2.31. The van der Waals surface area contributed by atoms with Gasteiger partial charge in [-0.3, -0.25) is 19.8 Å². The summed E-state index contributed by atoms with van der Waals surface area (Å²) < 4.78 is 10.6. The monoisotopic (exact) mass is 414 g/mol. The molecule has 0 bridgehead atoms. The van der Waals surface area contributed by atoms with E-state index < -0.39 is 17.8 Å². The fraction of sp³-hybridized carbons (Fsp3) is 0.190. The number of amides is 2. The molecule has 0 saturated carbocycles. The van der Waals surface area contributed by atoms with Crippen molar-refractivity contribution in [1.82, 2.24) is 5.43 Å². The third-order valence-corrected chi connectivity index (χ3v) is 4.54. The number of nitrogens with one attached hydrogen (secondary N) is 1. The Labute approximate surface area is 172 Å². The van der Waals surface area contributed by atoms with Crippen LogP contribution >= 0.6 is 11.6 Å². The van der Waals surface area contributed by atoms with Crippen LogP contribution in [0.1, 0.15) is 25.0 Å². The number of anilines is 1. The smallest absolute Gasteiger partial charge is 0.308 e. The van der Waals surface area contributed by atoms with E-state index in [0.717, 1.165) is 10.6 Å². The van der Waals surface area contributed by atoms with Crippen molar-refractivity contribution in [2.24, 2.45) is 0 Å².